The molecule has 0 aliphatic rings. The molecule has 0 heterocycles. The summed E-state index contributed by atoms with van der Waals surface area (Å²) < 4.78 is 15.9. The van der Waals surface area contributed by atoms with Crippen molar-refractivity contribution in [2.75, 3.05) is 39.3 Å². The first-order valence-electron chi connectivity index (χ1n) is 6.35. The van der Waals surface area contributed by atoms with E-state index in [-0.39, 0.29) is 0 Å². The summed E-state index contributed by atoms with van der Waals surface area (Å²) in [6, 6.07) is 5.90. The lowest BCUT2D eigenvalue weighted by Gasteiger charge is -2.10. The first-order valence-corrected chi connectivity index (χ1v) is 6.35. The Morgan fingerprint density at radius 3 is 2.61 bits per heavy atom. The van der Waals surface area contributed by atoms with E-state index < -0.39 is 0 Å². The molecule has 0 aliphatic carbocycles. The Morgan fingerprint density at radius 2 is 1.94 bits per heavy atom. The van der Waals surface area contributed by atoms with Gasteiger partial charge in [-0.05, 0) is 30.5 Å². The fourth-order valence-electron chi connectivity index (χ4n) is 1.57. The third-order valence-electron chi connectivity index (χ3n) is 2.60. The number of hydrogen-bond acceptors (Lipinski definition) is 4. The molecule has 102 valence electrons. The predicted molar refractivity (Wildman–Crippen MR) is 73.0 cm³/mol. The first kappa shape index (κ1) is 14.8. The van der Waals surface area contributed by atoms with E-state index >= 15 is 0 Å². The van der Waals surface area contributed by atoms with E-state index in [0.717, 1.165) is 25.2 Å². The van der Waals surface area contributed by atoms with Gasteiger partial charge in [-0.15, -0.1) is 0 Å². The minimum Gasteiger partial charge on any atom is -0.489 e. The molecule has 4 heteroatoms. The molecule has 0 saturated carbocycles. The largest absolute Gasteiger partial charge is 0.489 e. The maximum Gasteiger partial charge on any atom is 0.142 e. The van der Waals surface area contributed by atoms with E-state index in [4.69, 9.17) is 19.9 Å². The van der Waals surface area contributed by atoms with E-state index in [1.807, 2.05) is 18.2 Å². The molecule has 1 aromatic rings. The van der Waals surface area contributed by atoms with Crippen molar-refractivity contribution in [1.82, 2.24) is 0 Å². The van der Waals surface area contributed by atoms with Crippen molar-refractivity contribution in [3.8, 4) is 5.75 Å². The standard InChI is InChI=1S/C14H23NO3/c1-3-12-5-6-14(13(15)11-12)18-10-9-17-8-4-7-16-2/h5-6,11H,3-4,7-10,15H2,1-2H3. The van der Waals surface area contributed by atoms with E-state index in [0.29, 0.717) is 25.5 Å². The topological polar surface area (TPSA) is 53.7 Å². The Kier molecular flexibility index (Phi) is 7.22. The number of aryl methyl sites for hydroxylation is 1. The molecule has 0 aromatic heterocycles. The lowest BCUT2D eigenvalue weighted by Crippen LogP contribution is -2.09. The third kappa shape index (κ3) is 5.38. The molecule has 2 N–H and O–H groups in total. The van der Waals surface area contributed by atoms with Crippen LogP contribution in [0.5, 0.6) is 5.75 Å². The van der Waals surface area contributed by atoms with Gasteiger partial charge in [0.05, 0.1) is 12.3 Å². The molecule has 0 radical (unpaired) electrons. The first-order chi connectivity index (χ1) is 8.77. The van der Waals surface area contributed by atoms with Gasteiger partial charge in [0.1, 0.15) is 12.4 Å². The van der Waals surface area contributed by atoms with Crippen LogP contribution < -0.4 is 10.5 Å². The average Bonchev–Trinajstić information content (AvgIpc) is 2.39. The Balaban J connectivity index is 2.19. The lowest BCUT2D eigenvalue weighted by atomic mass is 10.1. The number of hydrogen-bond donors (Lipinski definition) is 1. The molecule has 0 aliphatic heterocycles. The van der Waals surface area contributed by atoms with Crippen LogP contribution in [0.4, 0.5) is 5.69 Å². The van der Waals surface area contributed by atoms with Gasteiger partial charge in [0.25, 0.3) is 0 Å². The minimum absolute atomic E-state index is 0.517. The fraction of sp³-hybridized carbons (Fsp3) is 0.571. The van der Waals surface area contributed by atoms with Crippen molar-refractivity contribution >= 4 is 5.69 Å². The third-order valence-corrected chi connectivity index (χ3v) is 2.60. The Morgan fingerprint density at radius 1 is 1.11 bits per heavy atom. The molecule has 0 bridgehead atoms. The number of anilines is 1. The summed E-state index contributed by atoms with van der Waals surface area (Å²) in [6.07, 6.45) is 1.89. The van der Waals surface area contributed by atoms with Gasteiger partial charge in [0.15, 0.2) is 0 Å². The van der Waals surface area contributed by atoms with E-state index in [2.05, 4.69) is 6.92 Å². The smallest absolute Gasteiger partial charge is 0.142 e. The fourth-order valence-corrected chi connectivity index (χ4v) is 1.57. The predicted octanol–water partition coefficient (Wildman–Crippen LogP) is 2.26. The van der Waals surface area contributed by atoms with Crippen LogP contribution in [0.2, 0.25) is 0 Å². The van der Waals surface area contributed by atoms with Gasteiger partial charge in [-0.25, -0.2) is 0 Å². The van der Waals surface area contributed by atoms with E-state index in [1.54, 1.807) is 7.11 Å². The zero-order valence-corrected chi connectivity index (χ0v) is 11.3. The molecule has 1 aromatic carbocycles. The summed E-state index contributed by atoms with van der Waals surface area (Å²) in [5, 5.41) is 0. The summed E-state index contributed by atoms with van der Waals surface area (Å²) in [4.78, 5) is 0. The van der Waals surface area contributed by atoms with Crippen LogP contribution >= 0.6 is 0 Å². The molecule has 0 amide bonds. The van der Waals surface area contributed by atoms with Crippen molar-refractivity contribution in [3.63, 3.8) is 0 Å². The quantitative estimate of drug-likeness (QED) is 0.542. The maximum absolute atomic E-state index is 5.90. The van der Waals surface area contributed by atoms with Crippen LogP contribution in [0.15, 0.2) is 18.2 Å². The van der Waals surface area contributed by atoms with Gasteiger partial charge in [0, 0.05) is 20.3 Å². The Labute approximate surface area is 109 Å². The zero-order chi connectivity index (χ0) is 13.2. The van der Waals surface area contributed by atoms with Crippen LogP contribution in [-0.2, 0) is 15.9 Å². The summed E-state index contributed by atoms with van der Waals surface area (Å²) in [6.45, 7) is 4.61. The molecule has 4 nitrogen and oxygen atoms in total. The summed E-state index contributed by atoms with van der Waals surface area (Å²) in [7, 11) is 1.69. The average molecular weight is 253 g/mol. The number of nitrogen functional groups attached to an aromatic ring is 1. The van der Waals surface area contributed by atoms with Crippen molar-refractivity contribution in [3.05, 3.63) is 23.8 Å². The number of ether oxygens (including phenoxy) is 3. The van der Waals surface area contributed by atoms with Gasteiger partial charge >= 0.3 is 0 Å². The molecule has 18 heavy (non-hydrogen) atoms. The highest BCUT2D eigenvalue weighted by Gasteiger charge is 2.01. The van der Waals surface area contributed by atoms with Crippen molar-refractivity contribution < 1.29 is 14.2 Å². The highest BCUT2D eigenvalue weighted by Crippen LogP contribution is 2.22. The molecule has 1 rings (SSSR count). The summed E-state index contributed by atoms with van der Waals surface area (Å²) in [5.74, 6) is 0.729. The molecular formula is C14H23NO3. The van der Waals surface area contributed by atoms with Crippen LogP contribution in [-0.4, -0.2) is 33.5 Å². The molecule has 0 saturated heterocycles. The Bertz CT molecular complexity index is 342. The molecular weight excluding hydrogens is 230 g/mol. The number of rotatable bonds is 9. The number of nitrogens with two attached hydrogens (primary N) is 1. The Hall–Kier alpha value is -1.26. The van der Waals surface area contributed by atoms with Crippen molar-refractivity contribution in [2.24, 2.45) is 0 Å². The summed E-state index contributed by atoms with van der Waals surface area (Å²) >= 11 is 0. The van der Waals surface area contributed by atoms with Crippen LogP contribution in [0.25, 0.3) is 0 Å². The van der Waals surface area contributed by atoms with Crippen LogP contribution in [0, 0.1) is 0 Å². The highest BCUT2D eigenvalue weighted by atomic mass is 16.5. The van der Waals surface area contributed by atoms with E-state index in [1.165, 1.54) is 5.56 Å². The second-order valence-electron chi connectivity index (χ2n) is 4.03. The van der Waals surface area contributed by atoms with Gasteiger partial charge in [-0.1, -0.05) is 13.0 Å². The van der Waals surface area contributed by atoms with Crippen molar-refractivity contribution in [2.45, 2.75) is 19.8 Å². The second kappa shape index (κ2) is 8.78. The van der Waals surface area contributed by atoms with Gasteiger partial charge in [-0.2, -0.15) is 0 Å². The minimum atomic E-state index is 0.517. The maximum atomic E-state index is 5.90. The van der Waals surface area contributed by atoms with E-state index in [9.17, 15) is 0 Å². The highest BCUT2D eigenvalue weighted by molar-refractivity contribution is 5.54. The summed E-state index contributed by atoms with van der Waals surface area (Å²) in [5.41, 5.74) is 7.80. The molecule has 0 unspecified atom stereocenters. The van der Waals surface area contributed by atoms with Gasteiger partial charge in [-0.3, -0.25) is 0 Å². The molecule has 0 atom stereocenters. The number of methoxy groups -OCH3 is 1. The van der Waals surface area contributed by atoms with Gasteiger partial charge in [0.2, 0.25) is 0 Å². The molecule has 0 spiro atoms. The number of benzene rings is 1. The van der Waals surface area contributed by atoms with Crippen LogP contribution in [0.1, 0.15) is 18.9 Å². The SMILES string of the molecule is CCc1ccc(OCCOCCCOC)c(N)c1. The van der Waals surface area contributed by atoms with Crippen molar-refractivity contribution in [1.29, 1.82) is 0 Å². The van der Waals surface area contributed by atoms with Crippen LogP contribution in [0.3, 0.4) is 0 Å². The van der Waals surface area contributed by atoms with Gasteiger partial charge < -0.3 is 19.9 Å². The molecule has 0 fully saturated rings. The lowest BCUT2D eigenvalue weighted by molar-refractivity contribution is 0.0808. The normalized spacial score (nSPS) is 10.6. The zero-order valence-electron chi connectivity index (χ0n) is 11.3. The monoisotopic (exact) mass is 253 g/mol. The second-order valence-corrected chi connectivity index (χ2v) is 4.03.